The molecule has 0 aliphatic heterocycles. The van der Waals surface area contributed by atoms with Crippen molar-refractivity contribution in [2.24, 2.45) is 0 Å². The fraction of sp³-hybridized carbons (Fsp3) is 0.105. The zero-order valence-corrected chi connectivity index (χ0v) is 16.7. The number of hydrogen-bond acceptors (Lipinski definition) is 6. The van der Waals surface area contributed by atoms with E-state index in [1.807, 2.05) is 0 Å². The van der Waals surface area contributed by atoms with Gasteiger partial charge in [-0.05, 0) is 60.3 Å². The maximum Gasteiger partial charge on any atom is 0.291 e. The minimum atomic E-state index is -0.376. The molecule has 3 aromatic rings. The lowest BCUT2D eigenvalue weighted by Crippen LogP contribution is -2.16. The Morgan fingerprint density at radius 2 is 1.71 bits per heavy atom. The maximum absolute atomic E-state index is 12.4. The lowest BCUT2D eigenvalue weighted by atomic mass is 10.3. The predicted octanol–water partition coefficient (Wildman–Crippen LogP) is 4.62. The fourth-order valence-corrected chi connectivity index (χ4v) is 3.55. The first-order chi connectivity index (χ1) is 13.4. The van der Waals surface area contributed by atoms with Gasteiger partial charge in [-0.15, -0.1) is 11.3 Å². The SMILES string of the molecule is CN(C)C(=O)Sc1ccc(NC(=O)c2ccc(NC(=O)c3ccco3)s2)cc1. The molecule has 0 saturated heterocycles. The molecule has 0 atom stereocenters. The van der Waals surface area contributed by atoms with E-state index < -0.39 is 0 Å². The van der Waals surface area contributed by atoms with E-state index in [4.69, 9.17) is 4.42 Å². The van der Waals surface area contributed by atoms with Gasteiger partial charge in [-0.3, -0.25) is 14.4 Å². The first kappa shape index (κ1) is 19.7. The third kappa shape index (κ3) is 5.02. The van der Waals surface area contributed by atoms with Crippen LogP contribution in [0.15, 0.2) is 64.1 Å². The lowest BCUT2D eigenvalue weighted by Gasteiger charge is -2.09. The van der Waals surface area contributed by atoms with Crippen LogP contribution in [-0.2, 0) is 0 Å². The number of hydrogen-bond donors (Lipinski definition) is 2. The molecule has 0 radical (unpaired) electrons. The van der Waals surface area contributed by atoms with E-state index in [0.717, 1.165) is 28.0 Å². The molecule has 2 heterocycles. The van der Waals surface area contributed by atoms with E-state index in [-0.39, 0.29) is 22.8 Å². The molecule has 0 bridgehead atoms. The Labute approximate surface area is 169 Å². The minimum absolute atomic E-state index is 0.0699. The summed E-state index contributed by atoms with van der Waals surface area (Å²) in [7, 11) is 3.38. The van der Waals surface area contributed by atoms with Gasteiger partial charge in [0.05, 0.1) is 16.1 Å². The first-order valence-corrected chi connectivity index (χ1v) is 9.81. The molecule has 0 fully saturated rings. The number of thiophene rings is 1. The molecule has 28 heavy (non-hydrogen) atoms. The van der Waals surface area contributed by atoms with E-state index in [1.165, 1.54) is 11.2 Å². The van der Waals surface area contributed by atoms with Crippen LogP contribution < -0.4 is 10.6 Å². The first-order valence-electron chi connectivity index (χ1n) is 8.17. The zero-order valence-electron chi connectivity index (χ0n) is 15.1. The van der Waals surface area contributed by atoms with Gasteiger partial charge < -0.3 is 20.0 Å². The van der Waals surface area contributed by atoms with E-state index in [2.05, 4.69) is 10.6 Å². The van der Waals surface area contributed by atoms with Gasteiger partial charge in [0.15, 0.2) is 5.76 Å². The van der Waals surface area contributed by atoms with Gasteiger partial charge in [-0.25, -0.2) is 0 Å². The summed E-state index contributed by atoms with van der Waals surface area (Å²) in [5, 5.41) is 5.95. The average molecular weight is 415 g/mol. The summed E-state index contributed by atoms with van der Waals surface area (Å²) in [4.78, 5) is 38.8. The third-order valence-corrected chi connectivity index (χ3v) is 5.54. The van der Waals surface area contributed by atoms with Crippen molar-refractivity contribution in [1.29, 1.82) is 0 Å². The molecule has 0 saturated carbocycles. The normalized spacial score (nSPS) is 10.4. The third-order valence-electron chi connectivity index (χ3n) is 3.49. The summed E-state index contributed by atoms with van der Waals surface area (Å²) in [5.74, 6) is -0.461. The van der Waals surface area contributed by atoms with E-state index in [9.17, 15) is 14.4 Å². The van der Waals surface area contributed by atoms with Crippen molar-refractivity contribution in [2.75, 3.05) is 24.7 Å². The second-order valence-corrected chi connectivity index (χ2v) is 7.94. The fourth-order valence-electron chi connectivity index (χ4n) is 2.10. The van der Waals surface area contributed by atoms with E-state index in [1.54, 1.807) is 62.6 Å². The molecule has 9 heteroatoms. The monoisotopic (exact) mass is 415 g/mol. The lowest BCUT2D eigenvalue weighted by molar-refractivity contribution is 0.0995. The van der Waals surface area contributed by atoms with Crippen molar-refractivity contribution < 1.29 is 18.8 Å². The van der Waals surface area contributed by atoms with Crippen molar-refractivity contribution in [3.8, 4) is 0 Å². The second kappa shape index (κ2) is 8.77. The number of anilines is 2. The molecule has 0 aliphatic rings. The molecule has 1 aromatic carbocycles. The van der Waals surface area contributed by atoms with Crippen LogP contribution in [0.25, 0.3) is 0 Å². The molecule has 7 nitrogen and oxygen atoms in total. The topological polar surface area (TPSA) is 91.7 Å². The summed E-state index contributed by atoms with van der Waals surface area (Å²) >= 11 is 2.27. The molecular weight excluding hydrogens is 398 g/mol. The van der Waals surface area contributed by atoms with E-state index >= 15 is 0 Å². The quantitative estimate of drug-likeness (QED) is 0.593. The number of benzene rings is 1. The number of carbonyl (C=O) groups is 3. The van der Waals surface area contributed by atoms with Crippen LogP contribution in [0.3, 0.4) is 0 Å². The number of nitrogens with zero attached hydrogens (tertiary/aromatic N) is 1. The molecule has 144 valence electrons. The Morgan fingerprint density at radius 1 is 0.964 bits per heavy atom. The van der Waals surface area contributed by atoms with Crippen LogP contribution in [0.4, 0.5) is 15.5 Å². The standard InChI is InChI=1S/C19H17N3O4S2/c1-22(2)19(25)27-13-7-5-12(6-8-13)20-18(24)15-9-10-16(28-15)21-17(23)14-4-3-11-26-14/h3-11H,1-2H3,(H,20,24)(H,21,23). The molecule has 3 amide bonds. The second-order valence-electron chi connectivity index (χ2n) is 5.84. The summed E-state index contributed by atoms with van der Waals surface area (Å²) in [6.45, 7) is 0. The number of thioether (sulfide) groups is 1. The van der Waals surface area contributed by atoms with Gasteiger partial charge in [-0.1, -0.05) is 0 Å². The van der Waals surface area contributed by atoms with Crippen molar-refractivity contribution in [1.82, 2.24) is 4.90 Å². The summed E-state index contributed by atoms with van der Waals surface area (Å²) < 4.78 is 5.04. The Kier molecular flexibility index (Phi) is 6.17. The summed E-state index contributed by atoms with van der Waals surface area (Å²) in [5.41, 5.74) is 0.612. The minimum Gasteiger partial charge on any atom is -0.459 e. The smallest absolute Gasteiger partial charge is 0.291 e. The summed E-state index contributed by atoms with van der Waals surface area (Å²) in [6.07, 6.45) is 1.42. The summed E-state index contributed by atoms with van der Waals surface area (Å²) in [6, 6.07) is 13.5. The van der Waals surface area contributed by atoms with Crippen molar-refractivity contribution in [2.45, 2.75) is 4.90 Å². The highest BCUT2D eigenvalue weighted by atomic mass is 32.2. The predicted molar refractivity (Wildman–Crippen MR) is 110 cm³/mol. The number of amides is 3. The Bertz CT molecular complexity index is 979. The van der Waals surface area contributed by atoms with Crippen LogP contribution >= 0.6 is 23.1 Å². The van der Waals surface area contributed by atoms with Crippen LogP contribution in [0.2, 0.25) is 0 Å². The largest absolute Gasteiger partial charge is 0.459 e. The van der Waals surface area contributed by atoms with Gasteiger partial charge in [0, 0.05) is 24.7 Å². The number of nitrogens with one attached hydrogen (secondary N) is 2. The van der Waals surface area contributed by atoms with Crippen LogP contribution in [-0.4, -0.2) is 36.0 Å². The Morgan fingerprint density at radius 3 is 2.36 bits per heavy atom. The van der Waals surface area contributed by atoms with Gasteiger partial charge >= 0.3 is 0 Å². The molecular formula is C19H17N3O4S2. The highest BCUT2D eigenvalue weighted by molar-refractivity contribution is 8.13. The average Bonchev–Trinajstić information content (AvgIpc) is 3.35. The van der Waals surface area contributed by atoms with Crippen LogP contribution in [0.5, 0.6) is 0 Å². The van der Waals surface area contributed by atoms with Crippen molar-refractivity contribution >= 4 is 50.8 Å². The molecule has 2 aromatic heterocycles. The van der Waals surface area contributed by atoms with Gasteiger partial charge in [0.2, 0.25) is 0 Å². The number of carbonyl (C=O) groups excluding carboxylic acids is 3. The molecule has 0 spiro atoms. The molecule has 0 unspecified atom stereocenters. The number of furan rings is 1. The van der Waals surface area contributed by atoms with Gasteiger partial charge in [0.1, 0.15) is 0 Å². The van der Waals surface area contributed by atoms with E-state index in [0.29, 0.717) is 15.6 Å². The highest BCUT2D eigenvalue weighted by Gasteiger charge is 2.14. The van der Waals surface area contributed by atoms with Crippen LogP contribution in [0.1, 0.15) is 20.2 Å². The highest BCUT2D eigenvalue weighted by Crippen LogP contribution is 2.25. The molecule has 2 N–H and O–H groups in total. The maximum atomic E-state index is 12.4. The van der Waals surface area contributed by atoms with Crippen LogP contribution in [0, 0.1) is 0 Å². The Hall–Kier alpha value is -3.04. The molecule has 3 rings (SSSR count). The zero-order chi connectivity index (χ0) is 20.1. The van der Waals surface area contributed by atoms with Crippen molar-refractivity contribution in [3.05, 3.63) is 65.4 Å². The molecule has 0 aliphatic carbocycles. The Balaban J connectivity index is 1.58. The van der Waals surface area contributed by atoms with Crippen molar-refractivity contribution in [3.63, 3.8) is 0 Å². The van der Waals surface area contributed by atoms with Gasteiger partial charge in [-0.2, -0.15) is 0 Å². The van der Waals surface area contributed by atoms with Gasteiger partial charge in [0.25, 0.3) is 17.1 Å². The number of rotatable bonds is 5.